The second-order valence-electron chi connectivity index (χ2n) is 5.34. The van der Waals surface area contributed by atoms with Crippen LogP contribution in [-0.2, 0) is 0 Å². The number of hydrogen-bond acceptors (Lipinski definition) is 2. The van der Waals surface area contributed by atoms with Crippen LogP contribution in [0.5, 0.6) is 0 Å². The summed E-state index contributed by atoms with van der Waals surface area (Å²) in [7, 11) is 2.26. The van der Waals surface area contributed by atoms with Gasteiger partial charge in [0.2, 0.25) is 0 Å². The van der Waals surface area contributed by atoms with E-state index in [1.165, 1.54) is 71.1 Å². The molecule has 2 fully saturated rings. The van der Waals surface area contributed by atoms with Gasteiger partial charge in [0.15, 0.2) is 0 Å². The van der Waals surface area contributed by atoms with Crippen LogP contribution >= 0.6 is 0 Å². The van der Waals surface area contributed by atoms with Gasteiger partial charge in [0.25, 0.3) is 0 Å². The molecule has 2 rings (SSSR count). The summed E-state index contributed by atoms with van der Waals surface area (Å²) in [6.45, 7) is 5.22. The van der Waals surface area contributed by atoms with Crippen molar-refractivity contribution in [2.24, 2.45) is 0 Å². The predicted molar refractivity (Wildman–Crippen MR) is 65.2 cm³/mol. The van der Waals surface area contributed by atoms with Crippen LogP contribution in [0.25, 0.3) is 0 Å². The van der Waals surface area contributed by atoms with Gasteiger partial charge in [-0.3, -0.25) is 4.90 Å². The van der Waals surface area contributed by atoms with Gasteiger partial charge in [-0.25, -0.2) is 0 Å². The van der Waals surface area contributed by atoms with E-state index in [1.54, 1.807) is 0 Å². The van der Waals surface area contributed by atoms with Crippen molar-refractivity contribution in [1.29, 1.82) is 0 Å². The van der Waals surface area contributed by atoms with E-state index in [1.807, 2.05) is 0 Å². The van der Waals surface area contributed by atoms with Crippen LogP contribution < -0.4 is 0 Å². The van der Waals surface area contributed by atoms with Gasteiger partial charge in [0.1, 0.15) is 0 Å². The Bertz CT molecular complexity index is 173. The molecule has 0 N–H and O–H groups in total. The van der Waals surface area contributed by atoms with Gasteiger partial charge in [-0.2, -0.15) is 0 Å². The van der Waals surface area contributed by atoms with Gasteiger partial charge in [-0.15, -0.1) is 0 Å². The summed E-state index contributed by atoms with van der Waals surface area (Å²) in [5, 5.41) is 0. The summed E-state index contributed by atoms with van der Waals surface area (Å²) in [5.74, 6) is 0. The minimum Gasteiger partial charge on any atom is -0.305 e. The smallest absolute Gasteiger partial charge is 0.0112 e. The Kier molecular flexibility index (Phi) is 4.45. The standard InChI is InChI=1S/C13H26N2/c1-14-9-6-10-15(12-11-14)13-7-4-2-3-5-8-13/h13H,2-12H2,1H3. The lowest BCUT2D eigenvalue weighted by Crippen LogP contribution is -2.37. The zero-order chi connectivity index (χ0) is 10.5. The second kappa shape index (κ2) is 5.86. The number of likely N-dealkylation sites (N-methyl/N-ethyl adjacent to an activating group) is 1. The first-order valence-corrected chi connectivity index (χ1v) is 6.79. The first kappa shape index (κ1) is 11.4. The van der Waals surface area contributed by atoms with Crippen molar-refractivity contribution in [3.63, 3.8) is 0 Å². The van der Waals surface area contributed by atoms with Gasteiger partial charge in [-0.1, -0.05) is 25.7 Å². The maximum absolute atomic E-state index is 2.77. The van der Waals surface area contributed by atoms with Crippen molar-refractivity contribution in [1.82, 2.24) is 9.80 Å². The topological polar surface area (TPSA) is 6.48 Å². The van der Waals surface area contributed by atoms with E-state index in [2.05, 4.69) is 16.8 Å². The Labute approximate surface area is 94.6 Å². The number of hydrogen-bond donors (Lipinski definition) is 0. The van der Waals surface area contributed by atoms with E-state index in [0.717, 1.165) is 6.04 Å². The molecule has 88 valence electrons. The highest BCUT2D eigenvalue weighted by atomic mass is 15.2. The first-order chi connectivity index (χ1) is 7.36. The van der Waals surface area contributed by atoms with Crippen molar-refractivity contribution in [2.45, 2.75) is 51.0 Å². The molecule has 0 spiro atoms. The molecule has 0 amide bonds. The van der Waals surface area contributed by atoms with E-state index in [4.69, 9.17) is 0 Å². The monoisotopic (exact) mass is 210 g/mol. The lowest BCUT2D eigenvalue weighted by atomic mass is 10.1. The normalized spacial score (nSPS) is 28.6. The minimum atomic E-state index is 0.916. The fraction of sp³-hybridized carbons (Fsp3) is 1.00. The van der Waals surface area contributed by atoms with Gasteiger partial charge >= 0.3 is 0 Å². The van der Waals surface area contributed by atoms with Crippen LogP contribution in [0.3, 0.4) is 0 Å². The molecule has 2 aliphatic rings. The lowest BCUT2D eigenvalue weighted by Gasteiger charge is -2.29. The molecule has 1 saturated carbocycles. The van der Waals surface area contributed by atoms with Crippen LogP contribution in [0.2, 0.25) is 0 Å². The van der Waals surface area contributed by atoms with Gasteiger partial charge < -0.3 is 4.90 Å². The number of nitrogens with zero attached hydrogens (tertiary/aromatic N) is 2. The molecule has 0 aromatic heterocycles. The van der Waals surface area contributed by atoms with Gasteiger partial charge in [-0.05, 0) is 39.4 Å². The minimum absolute atomic E-state index is 0.916. The summed E-state index contributed by atoms with van der Waals surface area (Å²) in [4.78, 5) is 5.26. The summed E-state index contributed by atoms with van der Waals surface area (Å²) in [5.41, 5.74) is 0. The fourth-order valence-electron chi connectivity index (χ4n) is 3.05. The Morgan fingerprint density at radius 2 is 1.47 bits per heavy atom. The molecule has 1 aliphatic heterocycles. The van der Waals surface area contributed by atoms with Crippen LogP contribution in [0.15, 0.2) is 0 Å². The highest BCUT2D eigenvalue weighted by Gasteiger charge is 2.21. The molecule has 15 heavy (non-hydrogen) atoms. The summed E-state index contributed by atoms with van der Waals surface area (Å²) >= 11 is 0. The SMILES string of the molecule is CN1CCCN(C2CCCCCC2)CC1. The largest absolute Gasteiger partial charge is 0.305 e. The van der Waals surface area contributed by atoms with Crippen LogP contribution in [0, 0.1) is 0 Å². The average molecular weight is 210 g/mol. The predicted octanol–water partition coefficient (Wildman–Crippen LogP) is 2.35. The molecular weight excluding hydrogens is 184 g/mol. The zero-order valence-corrected chi connectivity index (χ0v) is 10.2. The molecule has 0 radical (unpaired) electrons. The molecule has 0 aromatic carbocycles. The Morgan fingerprint density at radius 1 is 0.733 bits per heavy atom. The van der Waals surface area contributed by atoms with Gasteiger partial charge in [0.05, 0.1) is 0 Å². The molecule has 1 aliphatic carbocycles. The van der Waals surface area contributed by atoms with E-state index in [-0.39, 0.29) is 0 Å². The first-order valence-electron chi connectivity index (χ1n) is 6.79. The van der Waals surface area contributed by atoms with E-state index >= 15 is 0 Å². The van der Waals surface area contributed by atoms with E-state index in [0.29, 0.717) is 0 Å². The highest BCUT2D eigenvalue weighted by molar-refractivity contribution is 4.77. The highest BCUT2D eigenvalue weighted by Crippen LogP contribution is 2.22. The Balaban J connectivity index is 1.84. The van der Waals surface area contributed by atoms with Crippen molar-refractivity contribution in [3.05, 3.63) is 0 Å². The zero-order valence-electron chi connectivity index (χ0n) is 10.2. The maximum atomic E-state index is 2.77. The molecule has 2 nitrogen and oxygen atoms in total. The molecule has 0 atom stereocenters. The van der Waals surface area contributed by atoms with Gasteiger partial charge in [0, 0.05) is 19.1 Å². The molecule has 0 unspecified atom stereocenters. The second-order valence-corrected chi connectivity index (χ2v) is 5.34. The average Bonchev–Trinajstić information content (AvgIpc) is 2.59. The summed E-state index contributed by atoms with van der Waals surface area (Å²) in [6.07, 6.45) is 10.2. The Hall–Kier alpha value is -0.0800. The molecule has 2 heteroatoms. The molecule has 1 heterocycles. The van der Waals surface area contributed by atoms with Crippen molar-refractivity contribution >= 4 is 0 Å². The van der Waals surface area contributed by atoms with Crippen molar-refractivity contribution in [2.75, 3.05) is 33.2 Å². The van der Waals surface area contributed by atoms with Crippen molar-refractivity contribution < 1.29 is 0 Å². The van der Waals surface area contributed by atoms with E-state index in [9.17, 15) is 0 Å². The van der Waals surface area contributed by atoms with Crippen LogP contribution in [0.1, 0.15) is 44.9 Å². The number of rotatable bonds is 1. The lowest BCUT2D eigenvalue weighted by molar-refractivity contribution is 0.185. The third-order valence-electron chi connectivity index (χ3n) is 4.10. The van der Waals surface area contributed by atoms with Crippen LogP contribution in [-0.4, -0.2) is 49.1 Å². The Morgan fingerprint density at radius 3 is 2.20 bits per heavy atom. The molecule has 0 aromatic rings. The fourth-order valence-corrected chi connectivity index (χ4v) is 3.05. The quantitative estimate of drug-likeness (QED) is 0.613. The summed E-state index contributed by atoms with van der Waals surface area (Å²) < 4.78 is 0. The molecular formula is C13H26N2. The van der Waals surface area contributed by atoms with Crippen LogP contribution in [0.4, 0.5) is 0 Å². The summed E-state index contributed by atoms with van der Waals surface area (Å²) in [6, 6.07) is 0.916. The maximum Gasteiger partial charge on any atom is 0.0112 e. The van der Waals surface area contributed by atoms with E-state index < -0.39 is 0 Å². The van der Waals surface area contributed by atoms with Crippen molar-refractivity contribution in [3.8, 4) is 0 Å². The molecule has 1 saturated heterocycles. The third-order valence-corrected chi connectivity index (χ3v) is 4.10. The molecule has 0 bridgehead atoms. The third kappa shape index (κ3) is 3.46.